The smallest absolute Gasteiger partial charge is 0.161 e. The third-order valence-electron chi connectivity index (χ3n) is 4.89. The third-order valence-corrected chi connectivity index (χ3v) is 4.89. The second kappa shape index (κ2) is 7.79. The Hall–Kier alpha value is -2.20. The first-order valence-corrected chi connectivity index (χ1v) is 8.93. The van der Waals surface area contributed by atoms with Crippen molar-refractivity contribution in [2.45, 2.75) is 32.2 Å². The highest BCUT2D eigenvalue weighted by Crippen LogP contribution is 2.34. The highest BCUT2D eigenvalue weighted by atomic mass is 16.5. The molecule has 3 rings (SSSR count). The van der Waals surface area contributed by atoms with Crippen LogP contribution in [0.4, 0.5) is 0 Å². The number of ether oxygens (including phenoxy) is 3. The molecule has 0 spiro atoms. The minimum Gasteiger partial charge on any atom is -0.493 e. The fourth-order valence-electron chi connectivity index (χ4n) is 3.36. The van der Waals surface area contributed by atoms with Crippen molar-refractivity contribution in [3.05, 3.63) is 53.1 Å². The Morgan fingerprint density at radius 1 is 1.04 bits per heavy atom. The van der Waals surface area contributed by atoms with Gasteiger partial charge in [-0.05, 0) is 41.3 Å². The lowest BCUT2D eigenvalue weighted by Gasteiger charge is -2.25. The predicted octanol–water partition coefficient (Wildman–Crippen LogP) is 3.07. The first-order valence-electron chi connectivity index (χ1n) is 8.93. The zero-order valence-electron chi connectivity index (χ0n) is 15.5. The van der Waals surface area contributed by atoms with Gasteiger partial charge in [0.05, 0.1) is 20.8 Å². The molecule has 134 valence electrons. The normalized spacial score (nSPS) is 16.4. The molecule has 0 aromatic heterocycles. The summed E-state index contributed by atoms with van der Waals surface area (Å²) in [4.78, 5) is 0. The lowest BCUT2D eigenvalue weighted by molar-refractivity contribution is -0.700. The van der Waals surface area contributed by atoms with E-state index in [2.05, 4.69) is 55.6 Å². The van der Waals surface area contributed by atoms with Crippen LogP contribution in [0.3, 0.4) is 0 Å². The minimum absolute atomic E-state index is 0.272. The molecule has 0 fully saturated rings. The summed E-state index contributed by atoms with van der Waals surface area (Å²) in [5, 5.41) is 2.34. The Kier molecular flexibility index (Phi) is 5.49. The Morgan fingerprint density at radius 2 is 1.72 bits per heavy atom. The summed E-state index contributed by atoms with van der Waals surface area (Å²) in [5.41, 5.74) is 3.94. The second-order valence-electron chi connectivity index (χ2n) is 6.82. The van der Waals surface area contributed by atoms with Crippen molar-refractivity contribution in [3.63, 3.8) is 0 Å². The lowest BCUT2D eigenvalue weighted by atomic mass is 9.94. The van der Waals surface area contributed by atoms with E-state index in [1.54, 1.807) is 14.2 Å². The molecule has 25 heavy (non-hydrogen) atoms. The lowest BCUT2D eigenvalue weighted by Crippen LogP contribution is -2.88. The average Bonchev–Trinajstić information content (AvgIpc) is 2.65. The van der Waals surface area contributed by atoms with Gasteiger partial charge in [0.25, 0.3) is 0 Å². The topological polar surface area (TPSA) is 44.3 Å². The molecule has 2 aromatic carbocycles. The van der Waals surface area contributed by atoms with Crippen LogP contribution < -0.4 is 19.5 Å². The van der Waals surface area contributed by atoms with Gasteiger partial charge in [0.15, 0.2) is 11.5 Å². The van der Waals surface area contributed by atoms with Crippen molar-refractivity contribution in [3.8, 4) is 17.2 Å². The highest BCUT2D eigenvalue weighted by molar-refractivity contribution is 5.48. The molecule has 0 unspecified atom stereocenters. The van der Waals surface area contributed by atoms with Gasteiger partial charge in [-0.3, -0.25) is 0 Å². The van der Waals surface area contributed by atoms with Crippen LogP contribution in [0.2, 0.25) is 0 Å². The summed E-state index contributed by atoms with van der Waals surface area (Å²) < 4.78 is 17.0. The first-order chi connectivity index (χ1) is 12.1. The molecule has 1 aliphatic heterocycles. The van der Waals surface area contributed by atoms with Gasteiger partial charge in [0.2, 0.25) is 0 Å². The van der Waals surface area contributed by atoms with Crippen molar-refractivity contribution in [2.75, 3.05) is 27.4 Å². The van der Waals surface area contributed by atoms with E-state index in [1.807, 2.05) is 0 Å². The Morgan fingerprint density at radius 3 is 2.36 bits per heavy atom. The molecular formula is C21H28NO3+. The van der Waals surface area contributed by atoms with E-state index in [0.717, 1.165) is 30.2 Å². The molecule has 4 heteroatoms. The largest absolute Gasteiger partial charge is 0.493 e. The molecule has 0 radical (unpaired) electrons. The Labute approximate surface area is 150 Å². The summed E-state index contributed by atoms with van der Waals surface area (Å²) in [6.07, 6.45) is 1.04. The molecule has 0 aliphatic carbocycles. The van der Waals surface area contributed by atoms with Crippen LogP contribution in [-0.2, 0) is 6.42 Å². The summed E-state index contributed by atoms with van der Waals surface area (Å²) in [7, 11) is 3.36. The first kappa shape index (κ1) is 17.6. The molecule has 1 atom stereocenters. The van der Waals surface area contributed by atoms with Gasteiger partial charge in [-0.15, -0.1) is 0 Å². The molecule has 1 heterocycles. The zero-order valence-corrected chi connectivity index (χ0v) is 15.5. The van der Waals surface area contributed by atoms with Gasteiger partial charge >= 0.3 is 0 Å². The van der Waals surface area contributed by atoms with Crippen molar-refractivity contribution in [1.82, 2.24) is 0 Å². The van der Waals surface area contributed by atoms with Crippen LogP contribution in [0.15, 0.2) is 36.4 Å². The third kappa shape index (κ3) is 3.90. The molecule has 4 nitrogen and oxygen atoms in total. The molecule has 0 saturated heterocycles. The quantitative estimate of drug-likeness (QED) is 0.877. The predicted molar refractivity (Wildman–Crippen MR) is 98.8 cm³/mol. The van der Waals surface area contributed by atoms with Crippen molar-refractivity contribution < 1.29 is 19.5 Å². The van der Waals surface area contributed by atoms with E-state index >= 15 is 0 Å². The number of hydrogen-bond acceptors (Lipinski definition) is 3. The Bertz CT molecular complexity index is 710. The molecule has 0 amide bonds. The Balaban J connectivity index is 1.74. The summed E-state index contributed by atoms with van der Waals surface area (Å²) >= 11 is 0. The number of benzene rings is 2. The maximum absolute atomic E-state index is 6.06. The van der Waals surface area contributed by atoms with Crippen molar-refractivity contribution in [1.29, 1.82) is 0 Å². The molecule has 1 aliphatic rings. The number of quaternary nitrogens is 1. The molecule has 0 bridgehead atoms. The van der Waals surface area contributed by atoms with Crippen LogP contribution in [0, 0.1) is 0 Å². The SMILES string of the molecule is COc1cc2c(cc1OC)[C@H](COc1ccc(C(C)C)cc1)[NH2+]CC2. The van der Waals surface area contributed by atoms with E-state index < -0.39 is 0 Å². The fraction of sp³-hybridized carbons (Fsp3) is 0.429. The van der Waals surface area contributed by atoms with E-state index in [0.29, 0.717) is 12.5 Å². The number of hydrogen-bond donors (Lipinski definition) is 1. The number of nitrogens with two attached hydrogens (primary N) is 1. The van der Waals surface area contributed by atoms with Gasteiger partial charge in [0.1, 0.15) is 18.4 Å². The highest BCUT2D eigenvalue weighted by Gasteiger charge is 2.26. The van der Waals surface area contributed by atoms with Gasteiger partial charge in [-0.25, -0.2) is 0 Å². The number of fused-ring (bicyclic) bond motifs is 1. The van der Waals surface area contributed by atoms with Gasteiger partial charge in [0, 0.05) is 12.0 Å². The number of methoxy groups -OCH3 is 2. The molecular weight excluding hydrogens is 314 g/mol. The minimum atomic E-state index is 0.272. The summed E-state index contributed by atoms with van der Waals surface area (Å²) in [5.74, 6) is 3.04. The van der Waals surface area contributed by atoms with Crippen molar-refractivity contribution in [2.24, 2.45) is 0 Å². The van der Waals surface area contributed by atoms with Crippen LogP contribution in [0.25, 0.3) is 0 Å². The van der Waals surface area contributed by atoms with E-state index in [-0.39, 0.29) is 6.04 Å². The van der Waals surface area contributed by atoms with Gasteiger partial charge in [-0.2, -0.15) is 0 Å². The monoisotopic (exact) mass is 342 g/mol. The maximum atomic E-state index is 6.06. The van der Waals surface area contributed by atoms with E-state index in [4.69, 9.17) is 14.2 Å². The molecule has 2 aromatic rings. The van der Waals surface area contributed by atoms with Crippen LogP contribution in [-0.4, -0.2) is 27.4 Å². The summed E-state index contributed by atoms with van der Waals surface area (Å²) in [6.45, 7) is 6.10. The van der Waals surface area contributed by atoms with Crippen LogP contribution >= 0.6 is 0 Å². The zero-order chi connectivity index (χ0) is 17.8. The van der Waals surface area contributed by atoms with Gasteiger partial charge < -0.3 is 19.5 Å². The summed E-state index contributed by atoms with van der Waals surface area (Å²) in [6, 6.07) is 12.9. The maximum Gasteiger partial charge on any atom is 0.161 e. The number of rotatable bonds is 6. The van der Waals surface area contributed by atoms with Crippen LogP contribution in [0.1, 0.15) is 42.5 Å². The second-order valence-corrected chi connectivity index (χ2v) is 6.82. The van der Waals surface area contributed by atoms with Gasteiger partial charge in [-0.1, -0.05) is 26.0 Å². The van der Waals surface area contributed by atoms with E-state index in [9.17, 15) is 0 Å². The molecule has 2 N–H and O–H groups in total. The standard InChI is InChI=1S/C21H27NO3/c1-14(2)15-5-7-17(8-6-15)25-13-19-18-12-21(24-4)20(23-3)11-16(18)9-10-22-19/h5-8,11-12,14,19,22H,9-10,13H2,1-4H3/p+1/t19-/m0/s1. The molecule has 0 saturated carbocycles. The average molecular weight is 342 g/mol. The van der Waals surface area contributed by atoms with Crippen LogP contribution in [0.5, 0.6) is 17.2 Å². The van der Waals surface area contributed by atoms with Crippen molar-refractivity contribution >= 4 is 0 Å². The van der Waals surface area contributed by atoms with E-state index in [1.165, 1.54) is 16.7 Å². The fourth-order valence-corrected chi connectivity index (χ4v) is 3.36.